The van der Waals surface area contributed by atoms with Crippen LogP contribution in [0.25, 0.3) is 22.3 Å². The summed E-state index contributed by atoms with van der Waals surface area (Å²) in [5, 5.41) is 17.9. The molecular weight excluding hydrogens is 832 g/mol. The maximum Gasteiger partial charge on any atom is 0.407 e. The smallest absolute Gasteiger partial charge is 0.407 e. The number of pyridine rings is 2. The van der Waals surface area contributed by atoms with Crippen LogP contribution in [-0.4, -0.2) is 62.9 Å². The van der Waals surface area contributed by atoms with E-state index in [2.05, 4.69) is 10.6 Å². The van der Waals surface area contributed by atoms with Crippen LogP contribution in [0.1, 0.15) is 112 Å². The number of ether oxygens (including phenoxy) is 5. The number of carbonyl (C=O) groups excluding carboxylic acids is 5. The van der Waals surface area contributed by atoms with Gasteiger partial charge in [-0.3, -0.25) is 19.2 Å². The molecule has 3 aliphatic heterocycles. The van der Waals surface area contributed by atoms with Gasteiger partial charge in [0.2, 0.25) is 12.2 Å². The fourth-order valence-electron chi connectivity index (χ4n) is 9.55. The number of aryl methyl sites for hydroxylation is 1. The van der Waals surface area contributed by atoms with Gasteiger partial charge in [0.05, 0.1) is 40.7 Å². The lowest BCUT2D eigenvalue weighted by Crippen LogP contribution is -2.55. The topological polar surface area (TPSA) is 211 Å². The van der Waals surface area contributed by atoms with Crippen molar-refractivity contribution >= 4 is 46.3 Å². The Morgan fingerprint density at radius 1 is 1.05 bits per heavy atom. The number of anilines is 1. The SMILES string of the molecule is CCCC(=O)Nc1cc(COC(=O)N[C@H]2CCc3c(C)c(F)cc4nc5c(c2c34)Cn2c-5cc3c(c2=O)COC(=O)[C@]3(O)CC)ccc1O[C@@H]1OC(C(C)=O)[C@@H](C)[C@H](C)C1OC(C)=O. The van der Waals surface area contributed by atoms with Gasteiger partial charge in [-0.15, -0.1) is 0 Å². The number of cyclic esters (lactones) is 1. The predicted molar refractivity (Wildman–Crippen MR) is 227 cm³/mol. The molecule has 2 unspecified atom stereocenters. The second-order valence-corrected chi connectivity index (χ2v) is 17.2. The van der Waals surface area contributed by atoms with Gasteiger partial charge in [0.15, 0.2) is 17.5 Å². The maximum absolute atomic E-state index is 15.4. The summed E-state index contributed by atoms with van der Waals surface area (Å²) in [4.78, 5) is 83.0. The highest BCUT2D eigenvalue weighted by Gasteiger charge is 2.48. The van der Waals surface area contributed by atoms with E-state index in [1.807, 2.05) is 20.8 Å². The second-order valence-electron chi connectivity index (χ2n) is 17.2. The summed E-state index contributed by atoms with van der Waals surface area (Å²) in [6.45, 7) is 11.1. The van der Waals surface area contributed by atoms with Crippen LogP contribution in [-0.2, 0) is 69.9 Å². The minimum atomic E-state index is -2.04. The molecule has 64 heavy (non-hydrogen) atoms. The van der Waals surface area contributed by atoms with Gasteiger partial charge in [-0.1, -0.05) is 33.8 Å². The van der Waals surface area contributed by atoms with E-state index in [0.717, 1.165) is 5.56 Å². The average Bonchev–Trinajstić information content (AvgIpc) is 3.62. The lowest BCUT2D eigenvalue weighted by molar-refractivity contribution is -0.241. The number of carbonyl (C=O) groups is 5. The van der Waals surface area contributed by atoms with E-state index in [0.29, 0.717) is 63.8 Å². The van der Waals surface area contributed by atoms with Crippen molar-refractivity contribution in [3.8, 4) is 17.1 Å². The molecule has 7 atom stereocenters. The molecule has 16 nitrogen and oxygen atoms in total. The van der Waals surface area contributed by atoms with Gasteiger partial charge < -0.3 is 44.0 Å². The highest BCUT2D eigenvalue weighted by atomic mass is 19.1. The Kier molecular flexibility index (Phi) is 11.8. The normalized spacial score (nSPS) is 24.2. The van der Waals surface area contributed by atoms with Gasteiger partial charge in [-0.2, -0.15) is 0 Å². The van der Waals surface area contributed by atoms with Crippen molar-refractivity contribution in [1.29, 1.82) is 0 Å². The molecule has 1 saturated heterocycles. The summed E-state index contributed by atoms with van der Waals surface area (Å²) in [5.41, 5.74) is 2.08. The van der Waals surface area contributed by atoms with Crippen LogP contribution in [0.15, 0.2) is 35.1 Å². The molecule has 2 aromatic carbocycles. The standard InChI is InChI=1S/C47H51FN4O12/c1-8-10-37(55)49-33-15-26(11-14-36(33)63-44-42(62-25(7)54)22(4)21(3)41(64-44)24(6)53)19-61-46(58)51-32-13-12-27-23(5)31(48)17-34-38(27)39(32)28-18-52-35(40(28)50-34)16-30-29(43(52)56)20-60-45(57)47(30,59)9-2/h11,14-17,21-22,32,41-42,44,59H,8-10,12-13,18-20H2,1-7H3,(H,49,55)(H,51,58)/t21-,22-,32-,41?,42?,44+,47-/m0/s1. The summed E-state index contributed by atoms with van der Waals surface area (Å²) in [6.07, 6.45) is -2.12. The number of nitrogens with zero attached hydrogens (tertiary/aromatic N) is 2. The summed E-state index contributed by atoms with van der Waals surface area (Å²) in [6, 6.07) is 7.06. The number of benzene rings is 2. The van der Waals surface area contributed by atoms with Gasteiger partial charge >= 0.3 is 18.0 Å². The highest BCUT2D eigenvalue weighted by molar-refractivity contribution is 5.94. The molecule has 17 heteroatoms. The molecular formula is C47H51FN4O12. The largest absolute Gasteiger partial charge is 0.459 e. The summed E-state index contributed by atoms with van der Waals surface area (Å²) in [7, 11) is 0. The first-order valence-corrected chi connectivity index (χ1v) is 21.6. The first-order chi connectivity index (χ1) is 30.4. The minimum Gasteiger partial charge on any atom is -0.459 e. The lowest BCUT2D eigenvalue weighted by Gasteiger charge is -2.42. The third-order valence-electron chi connectivity index (χ3n) is 13.2. The number of aromatic nitrogens is 2. The zero-order chi connectivity index (χ0) is 45.9. The third kappa shape index (κ3) is 7.67. The number of aliphatic hydroxyl groups is 1. The van der Waals surface area contributed by atoms with Crippen LogP contribution in [0, 0.1) is 24.6 Å². The monoisotopic (exact) mass is 882 g/mol. The number of amides is 2. The highest BCUT2D eigenvalue weighted by Crippen LogP contribution is 2.46. The molecule has 0 saturated carbocycles. The zero-order valence-corrected chi connectivity index (χ0v) is 36.7. The quantitative estimate of drug-likeness (QED) is 0.102. The number of hydrogen-bond donors (Lipinski definition) is 3. The molecule has 0 radical (unpaired) electrons. The number of Topliss-reactive ketones (excluding diaryl/α,β-unsaturated/α-hetero) is 1. The lowest BCUT2D eigenvalue weighted by atomic mass is 9.81. The Balaban J connectivity index is 1.08. The first-order valence-electron chi connectivity index (χ1n) is 21.6. The van der Waals surface area contributed by atoms with Crippen molar-refractivity contribution in [2.24, 2.45) is 11.8 Å². The number of esters is 2. The van der Waals surface area contributed by atoms with Crippen LogP contribution in [0.3, 0.4) is 0 Å². The summed E-state index contributed by atoms with van der Waals surface area (Å²) < 4.78 is 45.9. The molecule has 2 aromatic heterocycles. The molecule has 0 bridgehead atoms. The number of ketones is 1. The van der Waals surface area contributed by atoms with E-state index in [1.54, 1.807) is 38.1 Å². The predicted octanol–water partition coefficient (Wildman–Crippen LogP) is 6.08. The van der Waals surface area contributed by atoms with E-state index in [4.69, 9.17) is 28.7 Å². The van der Waals surface area contributed by atoms with Crippen molar-refractivity contribution < 1.29 is 57.2 Å². The Labute approximate surface area is 367 Å². The van der Waals surface area contributed by atoms with Gasteiger partial charge in [0.1, 0.15) is 30.9 Å². The molecule has 4 aliphatic rings. The number of fused-ring (bicyclic) bond motifs is 5. The van der Waals surface area contributed by atoms with E-state index in [1.165, 1.54) is 24.5 Å². The Morgan fingerprint density at radius 3 is 2.52 bits per heavy atom. The molecule has 4 aromatic rings. The van der Waals surface area contributed by atoms with E-state index in [9.17, 15) is 33.9 Å². The number of nitrogens with one attached hydrogen (secondary N) is 2. The molecule has 3 N–H and O–H groups in total. The minimum absolute atomic E-state index is 0.0332. The second kappa shape index (κ2) is 17.1. The average molecular weight is 883 g/mol. The number of halogens is 1. The Hall–Kier alpha value is -6.20. The number of rotatable bonds is 11. The molecule has 338 valence electrons. The molecule has 5 heterocycles. The van der Waals surface area contributed by atoms with Crippen LogP contribution in [0.2, 0.25) is 0 Å². The van der Waals surface area contributed by atoms with Crippen LogP contribution < -0.4 is 20.9 Å². The Morgan fingerprint density at radius 2 is 1.81 bits per heavy atom. The zero-order valence-electron chi connectivity index (χ0n) is 36.7. The van der Waals surface area contributed by atoms with E-state index >= 15 is 4.39 Å². The summed E-state index contributed by atoms with van der Waals surface area (Å²) in [5.74, 6) is -2.80. The third-order valence-corrected chi connectivity index (χ3v) is 13.2. The summed E-state index contributed by atoms with van der Waals surface area (Å²) >= 11 is 0. The maximum atomic E-state index is 15.4. The van der Waals surface area contributed by atoms with Gasteiger partial charge in [0, 0.05) is 41.8 Å². The van der Waals surface area contributed by atoms with Crippen molar-refractivity contribution in [3.63, 3.8) is 0 Å². The molecule has 1 aliphatic carbocycles. The molecule has 8 rings (SSSR count). The molecule has 0 spiro atoms. The Bertz CT molecular complexity index is 2700. The van der Waals surface area contributed by atoms with E-state index < -0.39 is 59.5 Å². The van der Waals surface area contributed by atoms with Crippen molar-refractivity contribution in [2.45, 2.75) is 130 Å². The fourth-order valence-corrected chi connectivity index (χ4v) is 9.55. The first kappa shape index (κ1) is 44.4. The van der Waals surface area contributed by atoms with Crippen molar-refractivity contribution in [2.75, 3.05) is 5.32 Å². The van der Waals surface area contributed by atoms with Crippen LogP contribution >= 0.6 is 0 Å². The fraction of sp³-hybridized carbons (Fsp3) is 0.468. The van der Waals surface area contributed by atoms with Crippen molar-refractivity contribution in [3.05, 3.63) is 85.4 Å². The van der Waals surface area contributed by atoms with Gasteiger partial charge in [-0.05, 0) is 85.9 Å². The molecule has 1 fully saturated rings. The molecule has 2 amide bonds. The number of hydrogen-bond acceptors (Lipinski definition) is 13. The van der Waals surface area contributed by atoms with Crippen LogP contribution in [0.5, 0.6) is 5.75 Å². The van der Waals surface area contributed by atoms with Crippen molar-refractivity contribution in [1.82, 2.24) is 14.9 Å². The van der Waals surface area contributed by atoms with Gasteiger partial charge in [0.25, 0.3) is 5.56 Å². The van der Waals surface area contributed by atoms with Crippen LogP contribution in [0.4, 0.5) is 14.9 Å². The van der Waals surface area contributed by atoms with E-state index in [-0.39, 0.29) is 78.7 Å². The number of alkyl carbamates (subject to hydrolysis) is 1. The van der Waals surface area contributed by atoms with Gasteiger partial charge in [-0.25, -0.2) is 19.0 Å².